The normalized spacial score (nSPS) is 12.0. The zero-order chi connectivity index (χ0) is 18.5. The van der Waals surface area contributed by atoms with Crippen molar-refractivity contribution in [3.8, 4) is 5.75 Å². The van der Waals surface area contributed by atoms with Crippen molar-refractivity contribution in [2.75, 3.05) is 26.7 Å². The number of hydrogen-bond donors (Lipinski definition) is 1. The van der Waals surface area contributed by atoms with E-state index in [1.165, 1.54) is 18.0 Å². The van der Waals surface area contributed by atoms with Gasteiger partial charge in [0.2, 0.25) is 0 Å². The first-order valence-corrected chi connectivity index (χ1v) is 7.42. The summed E-state index contributed by atoms with van der Waals surface area (Å²) in [6.07, 6.45) is -3.09. The van der Waals surface area contributed by atoms with Gasteiger partial charge in [0.1, 0.15) is 12.4 Å². The molecule has 0 unspecified atom stereocenters. The molecule has 1 aromatic carbocycles. The lowest BCUT2D eigenvalue weighted by Crippen LogP contribution is -2.40. The fraction of sp³-hybridized carbons (Fsp3) is 0.471. The summed E-state index contributed by atoms with van der Waals surface area (Å²) >= 11 is 0. The number of carbonyl (C=O) groups is 1. The molecule has 0 fully saturated rings. The summed E-state index contributed by atoms with van der Waals surface area (Å²) in [6.45, 7) is 7.97. The number of carbonyl (C=O) groups excluding carboxylic acids is 1. The van der Waals surface area contributed by atoms with Gasteiger partial charge in [-0.1, -0.05) is 26.5 Å². The third-order valence-corrected chi connectivity index (χ3v) is 3.46. The maximum absolute atomic E-state index is 12.9. The molecule has 0 saturated carbocycles. The van der Waals surface area contributed by atoms with E-state index in [0.29, 0.717) is 13.1 Å². The highest BCUT2D eigenvalue weighted by atomic mass is 19.4. The van der Waals surface area contributed by atoms with Gasteiger partial charge in [0, 0.05) is 13.6 Å². The Morgan fingerprint density at radius 3 is 2.50 bits per heavy atom. The van der Waals surface area contributed by atoms with Gasteiger partial charge >= 0.3 is 6.18 Å². The minimum absolute atomic E-state index is 0.0870. The quantitative estimate of drug-likeness (QED) is 0.772. The molecule has 0 atom stereocenters. The van der Waals surface area contributed by atoms with Crippen LogP contribution < -0.4 is 10.5 Å². The van der Waals surface area contributed by atoms with E-state index in [1.54, 1.807) is 0 Å². The highest BCUT2D eigenvalue weighted by Crippen LogP contribution is 2.33. The van der Waals surface area contributed by atoms with Crippen LogP contribution in [0, 0.1) is 5.41 Å². The molecule has 0 heterocycles. The van der Waals surface area contributed by atoms with Gasteiger partial charge in [0.05, 0.1) is 11.1 Å². The molecule has 134 valence electrons. The second-order valence-electron chi connectivity index (χ2n) is 6.34. The summed E-state index contributed by atoms with van der Waals surface area (Å²) in [6, 6.07) is 2.85. The van der Waals surface area contributed by atoms with Gasteiger partial charge in [-0.25, -0.2) is 0 Å². The van der Waals surface area contributed by atoms with Gasteiger partial charge in [0.25, 0.3) is 5.91 Å². The van der Waals surface area contributed by atoms with Crippen LogP contribution in [-0.4, -0.2) is 37.6 Å². The van der Waals surface area contributed by atoms with Gasteiger partial charge in [-0.15, -0.1) is 0 Å². The first kappa shape index (κ1) is 20.0. The van der Waals surface area contributed by atoms with Crippen molar-refractivity contribution in [3.63, 3.8) is 0 Å². The topological polar surface area (TPSA) is 55.6 Å². The Bertz CT molecular complexity index is 598. The number of ether oxygens (including phenoxy) is 1. The second kappa shape index (κ2) is 7.70. The van der Waals surface area contributed by atoms with Gasteiger partial charge in [0.15, 0.2) is 0 Å². The van der Waals surface area contributed by atoms with Crippen molar-refractivity contribution in [1.29, 1.82) is 0 Å². The lowest BCUT2D eigenvalue weighted by molar-refractivity contribution is -0.137. The molecule has 0 aliphatic heterocycles. The van der Waals surface area contributed by atoms with Gasteiger partial charge in [-0.3, -0.25) is 4.79 Å². The van der Waals surface area contributed by atoms with Crippen LogP contribution in [-0.2, 0) is 6.18 Å². The molecule has 0 aliphatic carbocycles. The molecule has 0 bridgehead atoms. The number of hydrogen-bond acceptors (Lipinski definition) is 3. The molecule has 0 aromatic heterocycles. The second-order valence-corrected chi connectivity index (χ2v) is 6.34. The summed E-state index contributed by atoms with van der Waals surface area (Å²) in [5, 5.41) is 0. The molecule has 0 aliphatic rings. The van der Waals surface area contributed by atoms with Crippen LogP contribution in [0.3, 0.4) is 0 Å². The van der Waals surface area contributed by atoms with Gasteiger partial charge < -0.3 is 15.4 Å². The molecule has 24 heavy (non-hydrogen) atoms. The zero-order valence-electron chi connectivity index (χ0n) is 14.1. The molecule has 1 amide bonds. The summed E-state index contributed by atoms with van der Waals surface area (Å²) < 4.78 is 44.2. The van der Waals surface area contributed by atoms with Crippen LogP contribution >= 0.6 is 0 Å². The summed E-state index contributed by atoms with van der Waals surface area (Å²) in [7, 11) is 1.53. The Balaban J connectivity index is 3.20. The minimum Gasteiger partial charge on any atom is -0.489 e. The van der Waals surface area contributed by atoms with Crippen molar-refractivity contribution < 1.29 is 22.7 Å². The molecule has 4 nitrogen and oxygen atoms in total. The predicted molar refractivity (Wildman–Crippen MR) is 86.9 cm³/mol. The van der Waals surface area contributed by atoms with Crippen LogP contribution in [0.25, 0.3) is 0 Å². The van der Waals surface area contributed by atoms with E-state index in [4.69, 9.17) is 10.5 Å². The summed E-state index contributed by atoms with van der Waals surface area (Å²) in [5.74, 6) is -0.466. The molecule has 0 spiro atoms. The standard InChI is InChI=1S/C17H23F3N2O2/c1-5-8-24-14-7-6-12(17(18,19)20)9-13(14)15(23)22(4)11-16(2,3)10-21/h5-7,9H,1,8,10-11,21H2,2-4H3. The Labute approximate surface area is 140 Å². The lowest BCUT2D eigenvalue weighted by Gasteiger charge is -2.29. The molecule has 2 N–H and O–H groups in total. The van der Waals surface area contributed by atoms with E-state index in [1.807, 2.05) is 13.8 Å². The Morgan fingerprint density at radius 2 is 2.00 bits per heavy atom. The molecule has 1 rings (SSSR count). The number of halogens is 3. The van der Waals surface area contributed by atoms with Gasteiger partial charge in [-0.05, 0) is 30.2 Å². The number of alkyl halides is 3. The van der Waals surface area contributed by atoms with E-state index in [2.05, 4.69) is 6.58 Å². The van der Waals surface area contributed by atoms with Crippen molar-refractivity contribution in [3.05, 3.63) is 42.0 Å². The fourth-order valence-electron chi connectivity index (χ4n) is 2.13. The average Bonchev–Trinajstić information content (AvgIpc) is 2.50. The maximum atomic E-state index is 12.9. The summed E-state index contributed by atoms with van der Waals surface area (Å²) in [4.78, 5) is 14.0. The number of nitrogens with zero attached hydrogens (tertiary/aromatic N) is 1. The SMILES string of the molecule is C=CCOc1ccc(C(F)(F)F)cc1C(=O)N(C)CC(C)(C)CN. The van der Waals surface area contributed by atoms with Gasteiger partial charge in [-0.2, -0.15) is 13.2 Å². The molecular formula is C17H23F3N2O2. The van der Waals surface area contributed by atoms with Crippen LogP contribution in [0.15, 0.2) is 30.9 Å². The van der Waals surface area contributed by atoms with Crippen LogP contribution in [0.1, 0.15) is 29.8 Å². The largest absolute Gasteiger partial charge is 0.489 e. The van der Waals surface area contributed by atoms with Crippen molar-refractivity contribution in [2.45, 2.75) is 20.0 Å². The Hall–Kier alpha value is -2.02. The minimum atomic E-state index is -4.54. The first-order valence-electron chi connectivity index (χ1n) is 7.42. The molecule has 0 radical (unpaired) electrons. The van der Waals surface area contributed by atoms with E-state index >= 15 is 0 Å². The zero-order valence-corrected chi connectivity index (χ0v) is 14.1. The predicted octanol–water partition coefficient (Wildman–Crippen LogP) is 3.33. The smallest absolute Gasteiger partial charge is 0.416 e. The average molecular weight is 344 g/mol. The van der Waals surface area contributed by atoms with Crippen molar-refractivity contribution >= 4 is 5.91 Å². The van der Waals surface area contributed by atoms with Crippen molar-refractivity contribution in [1.82, 2.24) is 4.90 Å². The van der Waals surface area contributed by atoms with Crippen LogP contribution in [0.4, 0.5) is 13.2 Å². The number of amides is 1. The first-order chi connectivity index (χ1) is 11.0. The lowest BCUT2D eigenvalue weighted by atomic mass is 9.93. The Kier molecular flexibility index (Phi) is 6.42. The summed E-state index contributed by atoms with van der Waals surface area (Å²) in [5.41, 5.74) is 4.26. The van der Waals surface area contributed by atoms with Crippen LogP contribution in [0.2, 0.25) is 0 Å². The monoisotopic (exact) mass is 344 g/mol. The maximum Gasteiger partial charge on any atom is 0.416 e. The van der Waals surface area contributed by atoms with Crippen LogP contribution in [0.5, 0.6) is 5.75 Å². The van der Waals surface area contributed by atoms with E-state index < -0.39 is 17.6 Å². The molecule has 0 saturated heterocycles. The number of benzene rings is 1. The van der Waals surface area contributed by atoms with E-state index in [0.717, 1.165) is 18.2 Å². The van der Waals surface area contributed by atoms with Crippen molar-refractivity contribution in [2.24, 2.45) is 11.1 Å². The Morgan fingerprint density at radius 1 is 1.38 bits per heavy atom. The van der Waals surface area contributed by atoms with E-state index in [9.17, 15) is 18.0 Å². The number of nitrogens with two attached hydrogens (primary N) is 1. The third kappa shape index (κ3) is 5.26. The molecule has 1 aromatic rings. The fourth-order valence-corrected chi connectivity index (χ4v) is 2.13. The molecule has 7 heteroatoms. The highest BCUT2D eigenvalue weighted by Gasteiger charge is 2.33. The number of rotatable bonds is 7. The molecular weight excluding hydrogens is 321 g/mol. The van der Waals surface area contributed by atoms with E-state index in [-0.39, 0.29) is 23.3 Å². The highest BCUT2D eigenvalue weighted by molar-refractivity contribution is 5.97. The third-order valence-electron chi connectivity index (χ3n) is 3.46.